The summed E-state index contributed by atoms with van der Waals surface area (Å²) in [6.45, 7) is 4.76. The van der Waals surface area contributed by atoms with E-state index in [0.29, 0.717) is 38.4 Å². The Morgan fingerprint density at radius 2 is 1.87 bits per heavy atom. The van der Waals surface area contributed by atoms with Gasteiger partial charge < -0.3 is 14.5 Å². The maximum Gasteiger partial charge on any atom is 0.342 e. The van der Waals surface area contributed by atoms with Gasteiger partial charge in [-0.15, -0.1) is 0 Å². The second kappa shape index (κ2) is 7.06. The zero-order valence-electron chi connectivity index (χ0n) is 12.8. The summed E-state index contributed by atoms with van der Waals surface area (Å²) in [4.78, 5) is 23.9. The molecule has 0 aliphatic heterocycles. The molecule has 1 heterocycles. The summed E-state index contributed by atoms with van der Waals surface area (Å²) in [5, 5.41) is 3.31. The van der Waals surface area contributed by atoms with E-state index >= 15 is 0 Å². The Bertz CT molecular complexity index is 768. The predicted octanol–water partition coefficient (Wildman–Crippen LogP) is 4.31. The van der Waals surface area contributed by atoms with Crippen LogP contribution in [0, 0.1) is 20.8 Å². The number of rotatable bonds is 4. The molecule has 1 aromatic heterocycles. The molecule has 0 spiro atoms. The smallest absolute Gasteiger partial charge is 0.342 e. The molecular formula is C16H15Cl2NO4. The maximum atomic E-state index is 12.1. The van der Waals surface area contributed by atoms with E-state index in [0.717, 1.165) is 0 Å². The molecule has 7 heteroatoms. The van der Waals surface area contributed by atoms with Gasteiger partial charge in [-0.05, 0) is 39.0 Å². The van der Waals surface area contributed by atoms with Gasteiger partial charge in [0, 0.05) is 10.6 Å². The normalized spacial score (nSPS) is 10.5. The Morgan fingerprint density at radius 1 is 1.17 bits per heavy atom. The van der Waals surface area contributed by atoms with Crippen LogP contribution < -0.4 is 5.32 Å². The molecule has 0 bridgehead atoms. The van der Waals surface area contributed by atoms with E-state index in [1.165, 1.54) is 6.07 Å². The molecule has 0 unspecified atom stereocenters. The van der Waals surface area contributed by atoms with Gasteiger partial charge in [0.1, 0.15) is 17.1 Å². The van der Waals surface area contributed by atoms with Crippen molar-refractivity contribution < 1.29 is 18.7 Å². The number of nitrogens with one attached hydrogen (secondary N) is 1. The first-order chi connectivity index (χ1) is 10.8. The molecule has 0 aliphatic rings. The van der Waals surface area contributed by atoms with E-state index in [1.807, 2.05) is 0 Å². The number of hydrogen-bond acceptors (Lipinski definition) is 4. The largest absolute Gasteiger partial charge is 0.465 e. The fourth-order valence-electron chi connectivity index (χ4n) is 2.07. The van der Waals surface area contributed by atoms with Gasteiger partial charge in [-0.2, -0.15) is 0 Å². The summed E-state index contributed by atoms with van der Waals surface area (Å²) < 4.78 is 10.4. The number of benzene rings is 1. The monoisotopic (exact) mass is 355 g/mol. The lowest BCUT2D eigenvalue weighted by Crippen LogP contribution is -2.21. The highest BCUT2D eigenvalue weighted by Gasteiger charge is 2.20. The number of furan rings is 1. The van der Waals surface area contributed by atoms with Gasteiger partial charge in [0.2, 0.25) is 0 Å². The molecule has 1 aromatic carbocycles. The first kappa shape index (κ1) is 17.4. The van der Waals surface area contributed by atoms with Crippen LogP contribution in [-0.2, 0) is 9.53 Å². The van der Waals surface area contributed by atoms with Gasteiger partial charge in [-0.3, -0.25) is 4.79 Å². The average Bonchev–Trinajstić information content (AvgIpc) is 2.73. The number of ether oxygens (including phenoxy) is 1. The summed E-state index contributed by atoms with van der Waals surface area (Å²) in [5.41, 5.74) is 1.44. The summed E-state index contributed by atoms with van der Waals surface area (Å²) in [6.07, 6.45) is 0. The van der Waals surface area contributed by atoms with Crippen LogP contribution in [0.2, 0.25) is 10.0 Å². The number of amides is 1. The number of esters is 1. The predicted molar refractivity (Wildman–Crippen MR) is 88.3 cm³/mol. The highest BCUT2D eigenvalue weighted by molar-refractivity contribution is 6.36. The van der Waals surface area contributed by atoms with E-state index in [1.54, 1.807) is 32.9 Å². The maximum absolute atomic E-state index is 12.1. The quantitative estimate of drug-likeness (QED) is 0.829. The Hall–Kier alpha value is -1.98. The second-order valence-electron chi connectivity index (χ2n) is 4.96. The van der Waals surface area contributed by atoms with Crippen molar-refractivity contribution in [1.29, 1.82) is 0 Å². The minimum absolute atomic E-state index is 0.300. The van der Waals surface area contributed by atoms with Gasteiger partial charge in [0.15, 0.2) is 6.61 Å². The Morgan fingerprint density at radius 3 is 2.43 bits per heavy atom. The van der Waals surface area contributed by atoms with Gasteiger partial charge in [0.25, 0.3) is 5.91 Å². The summed E-state index contributed by atoms with van der Waals surface area (Å²) in [7, 11) is 0. The standard InChI is InChI=1S/C16H15Cl2NO4/c1-8-9(2)23-10(3)15(8)16(21)22-7-14(20)19-13-5-4-11(17)6-12(13)18/h4-6H,7H2,1-3H3,(H,19,20). The SMILES string of the molecule is Cc1oc(C)c(C(=O)OCC(=O)Nc2ccc(Cl)cc2Cl)c1C. The Labute approximate surface area is 143 Å². The number of carbonyl (C=O) groups excluding carboxylic acids is 2. The number of anilines is 1. The van der Waals surface area contributed by atoms with Crippen molar-refractivity contribution in [2.75, 3.05) is 11.9 Å². The highest BCUT2D eigenvalue weighted by atomic mass is 35.5. The Balaban J connectivity index is 1.97. The van der Waals surface area contributed by atoms with Crippen LogP contribution in [0.5, 0.6) is 0 Å². The summed E-state index contributed by atoms with van der Waals surface area (Å²) in [6, 6.07) is 4.67. The van der Waals surface area contributed by atoms with Crippen LogP contribution in [0.3, 0.4) is 0 Å². The van der Waals surface area contributed by atoms with Crippen LogP contribution in [-0.4, -0.2) is 18.5 Å². The number of hydrogen-bond donors (Lipinski definition) is 1. The van der Waals surface area contributed by atoms with Crippen molar-refractivity contribution >= 4 is 40.8 Å². The molecule has 0 aliphatic carbocycles. The topological polar surface area (TPSA) is 68.5 Å². The molecule has 1 amide bonds. The van der Waals surface area contributed by atoms with E-state index in [2.05, 4.69) is 5.32 Å². The fourth-order valence-corrected chi connectivity index (χ4v) is 2.53. The molecule has 23 heavy (non-hydrogen) atoms. The van der Waals surface area contributed by atoms with Crippen LogP contribution >= 0.6 is 23.2 Å². The second-order valence-corrected chi connectivity index (χ2v) is 5.81. The van der Waals surface area contributed by atoms with Crippen LogP contribution in [0.1, 0.15) is 27.4 Å². The zero-order valence-corrected chi connectivity index (χ0v) is 14.3. The lowest BCUT2D eigenvalue weighted by atomic mass is 10.1. The van der Waals surface area contributed by atoms with Gasteiger partial charge in [-0.1, -0.05) is 23.2 Å². The van der Waals surface area contributed by atoms with E-state index < -0.39 is 18.5 Å². The molecule has 5 nitrogen and oxygen atoms in total. The molecule has 0 fully saturated rings. The van der Waals surface area contributed by atoms with Crippen molar-refractivity contribution in [3.05, 3.63) is 50.9 Å². The van der Waals surface area contributed by atoms with E-state index in [-0.39, 0.29) is 0 Å². The van der Waals surface area contributed by atoms with Gasteiger partial charge >= 0.3 is 5.97 Å². The average molecular weight is 356 g/mol. The lowest BCUT2D eigenvalue weighted by Gasteiger charge is -2.08. The fraction of sp³-hybridized carbons (Fsp3) is 0.250. The van der Waals surface area contributed by atoms with Crippen molar-refractivity contribution in [2.45, 2.75) is 20.8 Å². The number of carbonyl (C=O) groups is 2. The molecule has 2 aromatic rings. The third-order valence-electron chi connectivity index (χ3n) is 3.31. The molecule has 122 valence electrons. The minimum atomic E-state index is -0.603. The third kappa shape index (κ3) is 4.06. The highest BCUT2D eigenvalue weighted by Crippen LogP contribution is 2.25. The van der Waals surface area contributed by atoms with Crippen molar-refractivity contribution in [3.63, 3.8) is 0 Å². The zero-order chi connectivity index (χ0) is 17.1. The lowest BCUT2D eigenvalue weighted by molar-refractivity contribution is -0.119. The minimum Gasteiger partial charge on any atom is -0.465 e. The van der Waals surface area contributed by atoms with Crippen molar-refractivity contribution in [3.8, 4) is 0 Å². The number of aryl methyl sites for hydroxylation is 2. The Kier molecular flexibility index (Phi) is 5.34. The first-order valence-electron chi connectivity index (χ1n) is 6.78. The summed E-state index contributed by atoms with van der Waals surface area (Å²) >= 11 is 11.7. The van der Waals surface area contributed by atoms with Crippen LogP contribution in [0.15, 0.2) is 22.6 Å². The van der Waals surface area contributed by atoms with E-state index in [9.17, 15) is 9.59 Å². The van der Waals surface area contributed by atoms with Crippen LogP contribution in [0.4, 0.5) is 5.69 Å². The molecular weight excluding hydrogens is 341 g/mol. The molecule has 0 saturated carbocycles. The van der Waals surface area contributed by atoms with Gasteiger partial charge in [0.05, 0.1) is 10.7 Å². The van der Waals surface area contributed by atoms with Gasteiger partial charge in [-0.25, -0.2) is 4.79 Å². The molecule has 0 saturated heterocycles. The number of halogens is 2. The molecule has 0 atom stereocenters. The van der Waals surface area contributed by atoms with Crippen molar-refractivity contribution in [2.24, 2.45) is 0 Å². The molecule has 2 rings (SSSR count). The third-order valence-corrected chi connectivity index (χ3v) is 3.85. The summed E-state index contributed by atoms with van der Waals surface area (Å²) in [5.74, 6) is 0.00491. The van der Waals surface area contributed by atoms with Crippen LogP contribution in [0.25, 0.3) is 0 Å². The van der Waals surface area contributed by atoms with Crippen molar-refractivity contribution in [1.82, 2.24) is 0 Å². The first-order valence-corrected chi connectivity index (χ1v) is 7.53. The molecule has 0 radical (unpaired) electrons. The molecule has 1 N–H and O–H groups in total. The van der Waals surface area contributed by atoms with E-state index in [4.69, 9.17) is 32.4 Å².